The van der Waals surface area contributed by atoms with Gasteiger partial charge in [-0.25, -0.2) is 4.79 Å². The van der Waals surface area contributed by atoms with Gasteiger partial charge in [-0.3, -0.25) is 14.8 Å². The Morgan fingerprint density at radius 2 is 1.81 bits per heavy atom. The van der Waals surface area contributed by atoms with Crippen molar-refractivity contribution in [2.45, 2.75) is 62.4 Å². The Morgan fingerprint density at radius 1 is 1.09 bits per heavy atom. The number of carbonyl (C=O) groups is 1. The number of carbonyl (C=O) groups excluding carboxylic acids is 1. The Morgan fingerprint density at radius 3 is 2.41 bits per heavy atom. The fourth-order valence-corrected chi connectivity index (χ4v) is 6.14. The van der Waals surface area contributed by atoms with E-state index in [1.54, 1.807) is 0 Å². The van der Waals surface area contributed by atoms with Gasteiger partial charge < -0.3 is 4.90 Å². The Bertz CT molecular complexity index is 1030. The van der Waals surface area contributed by atoms with Gasteiger partial charge in [0.25, 0.3) is 0 Å². The number of benzene rings is 1. The molecule has 1 aliphatic heterocycles. The van der Waals surface area contributed by atoms with Crippen molar-refractivity contribution in [1.82, 2.24) is 14.8 Å². The molecule has 2 amide bonds. The van der Waals surface area contributed by atoms with Gasteiger partial charge in [-0.1, -0.05) is 30.3 Å². The lowest BCUT2D eigenvalue weighted by Gasteiger charge is -2.60. The summed E-state index contributed by atoms with van der Waals surface area (Å²) in [5.74, 6) is 1.31. The van der Waals surface area contributed by atoms with Crippen LogP contribution in [-0.2, 0) is 5.54 Å². The third-order valence-electron chi connectivity index (χ3n) is 8.43. The second-order valence-electron chi connectivity index (χ2n) is 11.0. The number of nitrogens with zero attached hydrogens (tertiary/aromatic N) is 4. The third kappa shape index (κ3) is 3.08. The van der Waals surface area contributed by atoms with Crippen LogP contribution in [0.4, 0.5) is 10.5 Å². The molecule has 1 aromatic heterocycles. The maximum Gasteiger partial charge on any atom is 0.325 e. The van der Waals surface area contributed by atoms with Gasteiger partial charge in [-0.05, 0) is 82.7 Å². The van der Waals surface area contributed by atoms with Crippen LogP contribution in [0.15, 0.2) is 42.6 Å². The molecule has 32 heavy (non-hydrogen) atoms. The average Bonchev–Trinajstić information content (AvgIpc) is 3.67. The summed E-state index contributed by atoms with van der Waals surface area (Å²) in [5, 5.41) is 0. The highest BCUT2D eigenvalue weighted by Crippen LogP contribution is 2.58. The Labute approximate surface area is 191 Å². The maximum absolute atomic E-state index is 13.8. The van der Waals surface area contributed by atoms with E-state index in [-0.39, 0.29) is 17.1 Å². The van der Waals surface area contributed by atoms with Crippen molar-refractivity contribution >= 4 is 11.7 Å². The van der Waals surface area contributed by atoms with Gasteiger partial charge in [0.2, 0.25) is 0 Å². The van der Waals surface area contributed by atoms with E-state index in [0.29, 0.717) is 11.8 Å². The molecule has 3 saturated carbocycles. The normalized spacial score (nSPS) is 29.8. The molecule has 5 nitrogen and oxygen atoms in total. The van der Waals surface area contributed by atoms with Crippen LogP contribution in [0.3, 0.4) is 0 Å². The van der Waals surface area contributed by atoms with E-state index in [0.717, 1.165) is 31.6 Å². The highest BCUT2D eigenvalue weighted by Gasteiger charge is 2.65. The molecule has 0 radical (unpaired) electrons. The van der Waals surface area contributed by atoms with E-state index in [9.17, 15) is 4.79 Å². The molecular formula is C27H34N4O. The van der Waals surface area contributed by atoms with Crippen LogP contribution in [-0.4, -0.2) is 53.5 Å². The first-order valence-corrected chi connectivity index (χ1v) is 12.2. The lowest BCUT2D eigenvalue weighted by atomic mass is 9.58. The SMILES string of the molecule is Cc1cc(C2CC2)ncc1N1CC2(CC(c3ccccc3)(N(C)C)C2)N(CC2CC2)C1=O. The van der Waals surface area contributed by atoms with Crippen molar-refractivity contribution < 1.29 is 4.79 Å². The summed E-state index contributed by atoms with van der Waals surface area (Å²) in [6, 6.07) is 13.2. The van der Waals surface area contributed by atoms with E-state index in [4.69, 9.17) is 4.98 Å². The Kier molecular flexibility index (Phi) is 4.45. The van der Waals surface area contributed by atoms with Crippen molar-refractivity contribution in [3.63, 3.8) is 0 Å². The van der Waals surface area contributed by atoms with Gasteiger partial charge in [0.05, 0.1) is 29.5 Å². The molecule has 1 spiro atoms. The third-order valence-corrected chi connectivity index (χ3v) is 8.43. The second kappa shape index (κ2) is 7.05. The van der Waals surface area contributed by atoms with Gasteiger partial charge >= 0.3 is 6.03 Å². The largest absolute Gasteiger partial charge is 0.325 e. The minimum atomic E-state index is -0.0958. The number of anilines is 1. The number of aromatic nitrogens is 1. The van der Waals surface area contributed by atoms with Crippen LogP contribution in [0.2, 0.25) is 0 Å². The molecule has 5 heteroatoms. The van der Waals surface area contributed by atoms with Gasteiger partial charge in [0.1, 0.15) is 0 Å². The molecule has 4 aliphatic rings. The number of amides is 2. The molecule has 6 rings (SSSR count). The number of hydrogen-bond donors (Lipinski definition) is 0. The molecule has 3 aliphatic carbocycles. The smallest absolute Gasteiger partial charge is 0.316 e. The monoisotopic (exact) mass is 430 g/mol. The van der Waals surface area contributed by atoms with Gasteiger partial charge in [-0.2, -0.15) is 0 Å². The van der Waals surface area contributed by atoms with Crippen LogP contribution in [0.1, 0.15) is 61.3 Å². The van der Waals surface area contributed by atoms with E-state index in [1.807, 2.05) is 11.1 Å². The molecule has 0 bridgehead atoms. The van der Waals surface area contributed by atoms with Crippen molar-refractivity contribution in [2.75, 3.05) is 32.1 Å². The van der Waals surface area contributed by atoms with Crippen molar-refractivity contribution in [3.05, 3.63) is 59.4 Å². The van der Waals surface area contributed by atoms with Crippen LogP contribution in [0.25, 0.3) is 0 Å². The molecule has 1 saturated heterocycles. The summed E-state index contributed by atoms with van der Waals surface area (Å²) < 4.78 is 0. The molecule has 2 heterocycles. The summed E-state index contributed by atoms with van der Waals surface area (Å²) in [4.78, 5) is 25.2. The Balaban J connectivity index is 1.33. The lowest BCUT2D eigenvalue weighted by molar-refractivity contribution is -0.0680. The standard InChI is InChI=1S/C27H34N4O/c1-19-13-23(21-11-12-21)28-14-24(19)30-18-26(31(25(30)32)15-20-9-10-20)16-27(17-26,29(2)3)22-7-5-4-6-8-22/h4-8,13-14,20-21H,9-12,15-18H2,1-3H3. The summed E-state index contributed by atoms with van der Waals surface area (Å²) in [6.45, 7) is 3.81. The molecule has 0 N–H and O–H groups in total. The highest BCUT2D eigenvalue weighted by atomic mass is 16.2. The quantitative estimate of drug-likeness (QED) is 0.654. The molecule has 0 unspecified atom stereocenters. The van der Waals surface area contributed by atoms with Crippen molar-refractivity contribution in [3.8, 4) is 0 Å². The number of aryl methyl sites for hydroxylation is 1. The number of urea groups is 1. The van der Waals surface area contributed by atoms with Crippen LogP contribution in [0.5, 0.6) is 0 Å². The van der Waals surface area contributed by atoms with Crippen molar-refractivity contribution in [2.24, 2.45) is 5.92 Å². The highest BCUT2D eigenvalue weighted by molar-refractivity contribution is 5.96. The van der Waals surface area contributed by atoms with Gasteiger partial charge in [-0.15, -0.1) is 0 Å². The number of rotatable bonds is 6. The van der Waals surface area contributed by atoms with E-state index < -0.39 is 0 Å². The molecule has 168 valence electrons. The zero-order valence-corrected chi connectivity index (χ0v) is 19.6. The van der Waals surface area contributed by atoms with Gasteiger partial charge in [0, 0.05) is 18.2 Å². The number of hydrogen-bond acceptors (Lipinski definition) is 3. The first-order valence-electron chi connectivity index (χ1n) is 12.2. The summed E-state index contributed by atoms with van der Waals surface area (Å²) >= 11 is 0. The number of pyridine rings is 1. The van der Waals surface area contributed by atoms with Crippen LogP contribution >= 0.6 is 0 Å². The summed E-state index contributed by atoms with van der Waals surface area (Å²) in [6.07, 6.45) is 8.95. The average molecular weight is 431 g/mol. The van der Waals surface area contributed by atoms with E-state index >= 15 is 0 Å². The zero-order valence-electron chi connectivity index (χ0n) is 19.6. The van der Waals surface area contributed by atoms with Gasteiger partial charge in [0.15, 0.2) is 0 Å². The van der Waals surface area contributed by atoms with Crippen LogP contribution in [0, 0.1) is 12.8 Å². The zero-order chi connectivity index (χ0) is 22.1. The first-order chi connectivity index (χ1) is 15.4. The molecule has 2 aromatic rings. The summed E-state index contributed by atoms with van der Waals surface area (Å²) in [5.41, 5.74) is 4.63. The van der Waals surface area contributed by atoms with Crippen LogP contribution < -0.4 is 4.90 Å². The molecule has 0 atom stereocenters. The first kappa shape index (κ1) is 20.2. The predicted octanol–water partition coefficient (Wildman–Crippen LogP) is 4.91. The topological polar surface area (TPSA) is 39.7 Å². The predicted molar refractivity (Wildman–Crippen MR) is 127 cm³/mol. The fourth-order valence-electron chi connectivity index (χ4n) is 6.14. The lowest BCUT2D eigenvalue weighted by Crippen LogP contribution is -2.67. The molecule has 1 aromatic carbocycles. The molecule has 4 fully saturated rings. The van der Waals surface area contributed by atoms with E-state index in [2.05, 4.69) is 67.2 Å². The molecular weight excluding hydrogens is 396 g/mol. The maximum atomic E-state index is 13.8. The Hall–Kier alpha value is -2.40. The van der Waals surface area contributed by atoms with E-state index in [1.165, 1.54) is 42.5 Å². The second-order valence-corrected chi connectivity index (χ2v) is 11.0. The minimum absolute atomic E-state index is 0.0114. The summed E-state index contributed by atoms with van der Waals surface area (Å²) in [7, 11) is 4.37. The minimum Gasteiger partial charge on any atom is -0.316 e. The fraction of sp³-hybridized carbons (Fsp3) is 0.556. The van der Waals surface area contributed by atoms with Crippen molar-refractivity contribution in [1.29, 1.82) is 0 Å².